The monoisotopic (exact) mass is 354 g/mol. The van der Waals surface area contributed by atoms with E-state index in [4.69, 9.17) is 0 Å². The highest BCUT2D eigenvalue weighted by Crippen LogP contribution is 2.24. The summed E-state index contributed by atoms with van der Waals surface area (Å²) in [5, 5.41) is 0. The summed E-state index contributed by atoms with van der Waals surface area (Å²) in [6.45, 7) is 2.19. The van der Waals surface area contributed by atoms with Crippen LogP contribution < -0.4 is 0 Å². The standard InChI is InChI=1S/C18H21F3N2O2/c19-14-5-4-13(15(20)16(14)21)18(25)23-10-6-12(7-11-23)17(24)22-8-2-1-3-9-22/h4-5,12H,1-3,6-11H2. The van der Waals surface area contributed by atoms with Gasteiger partial charge in [0.1, 0.15) is 0 Å². The van der Waals surface area contributed by atoms with Crippen molar-refractivity contribution in [3.05, 3.63) is 35.1 Å². The number of amides is 2. The van der Waals surface area contributed by atoms with Crippen molar-refractivity contribution in [3.63, 3.8) is 0 Å². The van der Waals surface area contributed by atoms with Gasteiger partial charge in [0.05, 0.1) is 5.56 Å². The van der Waals surface area contributed by atoms with E-state index in [9.17, 15) is 22.8 Å². The second kappa shape index (κ2) is 7.45. The van der Waals surface area contributed by atoms with Gasteiger partial charge in [-0.3, -0.25) is 9.59 Å². The number of halogens is 3. The van der Waals surface area contributed by atoms with Crippen LogP contribution in [-0.2, 0) is 4.79 Å². The van der Waals surface area contributed by atoms with E-state index in [0.29, 0.717) is 25.9 Å². The SMILES string of the molecule is O=C(c1ccc(F)c(F)c1F)N1CCC(C(=O)N2CCCCC2)CC1. The van der Waals surface area contributed by atoms with E-state index in [1.54, 1.807) is 0 Å². The highest BCUT2D eigenvalue weighted by molar-refractivity contribution is 5.94. The van der Waals surface area contributed by atoms with Crippen LogP contribution in [0.3, 0.4) is 0 Å². The first-order chi connectivity index (χ1) is 12.0. The summed E-state index contributed by atoms with van der Waals surface area (Å²) >= 11 is 0. The molecular weight excluding hydrogens is 333 g/mol. The van der Waals surface area contributed by atoms with Crippen LogP contribution in [0.5, 0.6) is 0 Å². The summed E-state index contributed by atoms with van der Waals surface area (Å²) in [5.41, 5.74) is -0.472. The van der Waals surface area contributed by atoms with E-state index in [1.165, 1.54) is 4.90 Å². The lowest BCUT2D eigenvalue weighted by Crippen LogP contribution is -2.45. The molecule has 0 aliphatic carbocycles. The minimum Gasteiger partial charge on any atom is -0.342 e. The molecule has 4 nitrogen and oxygen atoms in total. The van der Waals surface area contributed by atoms with Crippen LogP contribution >= 0.6 is 0 Å². The fourth-order valence-electron chi connectivity index (χ4n) is 3.56. The topological polar surface area (TPSA) is 40.6 Å². The Morgan fingerprint density at radius 3 is 2.12 bits per heavy atom. The van der Waals surface area contributed by atoms with Gasteiger partial charge in [-0.05, 0) is 44.2 Å². The number of carbonyl (C=O) groups is 2. The zero-order valence-corrected chi connectivity index (χ0v) is 13.9. The molecule has 0 saturated carbocycles. The number of nitrogens with zero attached hydrogens (tertiary/aromatic N) is 2. The smallest absolute Gasteiger partial charge is 0.256 e. The van der Waals surface area contributed by atoms with Crippen molar-refractivity contribution in [1.29, 1.82) is 0 Å². The van der Waals surface area contributed by atoms with Crippen molar-refractivity contribution < 1.29 is 22.8 Å². The zero-order valence-electron chi connectivity index (χ0n) is 13.9. The van der Waals surface area contributed by atoms with E-state index in [-0.39, 0.29) is 11.8 Å². The molecule has 3 rings (SSSR count). The highest BCUT2D eigenvalue weighted by Gasteiger charge is 2.32. The molecular formula is C18H21F3N2O2. The minimum absolute atomic E-state index is 0.128. The molecule has 25 heavy (non-hydrogen) atoms. The lowest BCUT2D eigenvalue weighted by atomic mass is 9.94. The molecule has 0 radical (unpaired) electrons. The van der Waals surface area contributed by atoms with E-state index in [1.807, 2.05) is 4.90 Å². The van der Waals surface area contributed by atoms with Crippen LogP contribution in [0.15, 0.2) is 12.1 Å². The van der Waals surface area contributed by atoms with Gasteiger partial charge in [0.15, 0.2) is 17.5 Å². The number of hydrogen-bond donors (Lipinski definition) is 0. The third-order valence-electron chi connectivity index (χ3n) is 5.06. The van der Waals surface area contributed by atoms with E-state index in [0.717, 1.165) is 44.5 Å². The number of likely N-dealkylation sites (tertiary alicyclic amines) is 2. The van der Waals surface area contributed by atoms with Crippen molar-refractivity contribution in [3.8, 4) is 0 Å². The Labute approximate surface area is 144 Å². The molecule has 2 saturated heterocycles. The van der Waals surface area contributed by atoms with Crippen LogP contribution in [0.1, 0.15) is 42.5 Å². The van der Waals surface area contributed by atoms with Crippen LogP contribution in [0.25, 0.3) is 0 Å². The van der Waals surface area contributed by atoms with Gasteiger partial charge in [0, 0.05) is 32.1 Å². The molecule has 0 aromatic heterocycles. The summed E-state index contributed by atoms with van der Waals surface area (Å²) in [4.78, 5) is 28.2. The van der Waals surface area contributed by atoms with Gasteiger partial charge in [0.2, 0.25) is 5.91 Å². The van der Waals surface area contributed by atoms with Gasteiger partial charge < -0.3 is 9.80 Å². The van der Waals surface area contributed by atoms with Crippen LogP contribution in [0.2, 0.25) is 0 Å². The molecule has 2 heterocycles. The molecule has 2 aliphatic rings. The Morgan fingerprint density at radius 2 is 1.48 bits per heavy atom. The van der Waals surface area contributed by atoms with Crippen molar-refractivity contribution >= 4 is 11.8 Å². The van der Waals surface area contributed by atoms with Crippen LogP contribution in [-0.4, -0.2) is 47.8 Å². The van der Waals surface area contributed by atoms with Gasteiger partial charge in [-0.2, -0.15) is 0 Å². The number of rotatable bonds is 2. The zero-order chi connectivity index (χ0) is 18.0. The molecule has 136 valence electrons. The molecule has 0 atom stereocenters. The molecule has 7 heteroatoms. The third-order valence-corrected chi connectivity index (χ3v) is 5.06. The first-order valence-electron chi connectivity index (χ1n) is 8.70. The maximum atomic E-state index is 13.8. The van der Waals surface area contributed by atoms with Crippen LogP contribution in [0, 0.1) is 23.4 Å². The highest BCUT2D eigenvalue weighted by atomic mass is 19.2. The maximum Gasteiger partial charge on any atom is 0.256 e. The van der Waals surface area contributed by atoms with Crippen molar-refractivity contribution in [2.75, 3.05) is 26.2 Å². The molecule has 1 aromatic rings. The first kappa shape index (κ1) is 17.8. The Bertz CT molecular complexity index is 667. The molecule has 0 N–H and O–H groups in total. The minimum atomic E-state index is -1.64. The summed E-state index contributed by atoms with van der Waals surface area (Å²) in [6.07, 6.45) is 4.21. The summed E-state index contributed by atoms with van der Waals surface area (Å²) in [5.74, 6) is -5.08. The quantitative estimate of drug-likeness (QED) is 0.766. The number of carbonyl (C=O) groups excluding carboxylic acids is 2. The largest absolute Gasteiger partial charge is 0.342 e. The lowest BCUT2D eigenvalue weighted by molar-refractivity contribution is -0.137. The van der Waals surface area contributed by atoms with Crippen molar-refractivity contribution in [1.82, 2.24) is 9.80 Å². The van der Waals surface area contributed by atoms with E-state index < -0.39 is 28.9 Å². The normalized spacial score (nSPS) is 19.2. The molecule has 2 fully saturated rings. The van der Waals surface area contributed by atoms with Gasteiger partial charge in [-0.25, -0.2) is 13.2 Å². The number of hydrogen-bond acceptors (Lipinski definition) is 2. The Hall–Kier alpha value is -2.05. The number of piperidine rings is 2. The number of benzene rings is 1. The van der Waals surface area contributed by atoms with E-state index >= 15 is 0 Å². The van der Waals surface area contributed by atoms with E-state index in [2.05, 4.69) is 0 Å². The summed E-state index contributed by atoms with van der Waals surface area (Å²) < 4.78 is 40.1. The lowest BCUT2D eigenvalue weighted by Gasteiger charge is -2.35. The fraction of sp³-hybridized carbons (Fsp3) is 0.556. The second-order valence-corrected chi connectivity index (χ2v) is 6.68. The summed E-state index contributed by atoms with van der Waals surface area (Å²) in [6, 6.07) is 1.71. The molecule has 0 spiro atoms. The Kier molecular flexibility index (Phi) is 5.30. The van der Waals surface area contributed by atoms with Gasteiger partial charge in [-0.15, -0.1) is 0 Å². The molecule has 0 bridgehead atoms. The van der Waals surface area contributed by atoms with Gasteiger partial charge in [0.25, 0.3) is 5.91 Å². The van der Waals surface area contributed by atoms with Gasteiger partial charge >= 0.3 is 0 Å². The predicted octanol–water partition coefficient (Wildman–Crippen LogP) is 2.97. The first-order valence-corrected chi connectivity index (χ1v) is 8.70. The average molecular weight is 354 g/mol. The Morgan fingerprint density at radius 1 is 0.840 bits per heavy atom. The van der Waals surface area contributed by atoms with Crippen molar-refractivity contribution in [2.24, 2.45) is 5.92 Å². The predicted molar refractivity (Wildman–Crippen MR) is 85.4 cm³/mol. The summed E-state index contributed by atoms with van der Waals surface area (Å²) in [7, 11) is 0. The second-order valence-electron chi connectivity index (χ2n) is 6.68. The Balaban J connectivity index is 1.61. The third kappa shape index (κ3) is 3.65. The van der Waals surface area contributed by atoms with Crippen molar-refractivity contribution in [2.45, 2.75) is 32.1 Å². The molecule has 0 unspecified atom stereocenters. The average Bonchev–Trinajstić information content (AvgIpc) is 2.66. The van der Waals surface area contributed by atoms with Crippen LogP contribution in [0.4, 0.5) is 13.2 Å². The molecule has 2 amide bonds. The van der Waals surface area contributed by atoms with Gasteiger partial charge in [-0.1, -0.05) is 0 Å². The fourth-order valence-corrected chi connectivity index (χ4v) is 3.56. The molecule has 1 aromatic carbocycles. The maximum absolute atomic E-state index is 13.8. The molecule has 2 aliphatic heterocycles.